The summed E-state index contributed by atoms with van der Waals surface area (Å²) in [7, 11) is 0. The number of carbonyl (C=O) groups is 1. The van der Waals surface area contributed by atoms with Crippen LogP contribution in [0.3, 0.4) is 0 Å². The van der Waals surface area contributed by atoms with Crippen LogP contribution < -0.4 is 5.32 Å². The molecule has 0 atom stereocenters. The van der Waals surface area contributed by atoms with Gasteiger partial charge in [-0.25, -0.2) is 0 Å². The van der Waals surface area contributed by atoms with Crippen LogP contribution in [0.15, 0.2) is 24.3 Å². The third kappa shape index (κ3) is 6.30. The fourth-order valence-electron chi connectivity index (χ4n) is 4.21. The Balaban J connectivity index is 1.39. The summed E-state index contributed by atoms with van der Waals surface area (Å²) >= 11 is 0. The lowest BCUT2D eigenvalue weighted by Gasteiger charge is -2.37. The molecule has 27 heavy (non-hydrogen) atoms. The molecule has 1 aliphatic carbocycles. The van der Waals surface area contributed by atoms with Gasteiger partial charge in [0.1, 0.15) is 0 Å². The predicted octanol–water partition coefficient (Wildman–Crippen LogP) is 2.79. The van der Waals surface area contributed by atoms with E-state index in [4.69, 9.17) is 4.74 Å². The number of hydrogen-bond acceptors (Lipinski definition) is 4. The third-order valence-electron chi connectivity index (χ3n) is 5.82. The lowest BCUT2D eigenvalue weighted by atomic mass is 10.1. The maximum Gasteiger partial charge on any atom is 0.234 e. The van der Waals surface area contributed by atoms with E-state index < -0.39 is 0 Å². The van der Waals surface area contributed by atoms with Crippen LogP contribution in [0.4, 0.5) is 0 Å². The van der Waals surface area contributed by atoms with E-state index >= 15 is 0 Å². The van der Waals surface area contributed by atoms with Crippen molar-refractivity contribution in [2.24, 2.45) is 0 Å². The van der Waals surface area contributed by atoms with Gasteiger partial charge in [-0.1, -0.05) is 44.0 Å². The molecule has 150 valence electrons. The highest BCUT2D eigenvalue weighted by molar-refractivity contribution is 5.78. The average molecular weight is 374 g/mol. The topological polar surface area (TPSA) is 44.8 Å². The average Bonchev–Trinajstić information content (AvgIpc) is 3.23. The minimum Gasteiger partial charge on any atom is -0.377 e. The monoisotopic (exact) mass is 373 g/mol. The molecule has 1 saturated heterocycles. The number of ether oxygens (including phenoxy) is 1. The summed E-state index contributed by atoms with van der Waals surface area (Å²) in [6.45, 7) is 8.80. The maximum absolute atomic E-state index is 12.4. The van der Waals surface area contributed by atoms with Crippen LogP contribution in [0, 0.1) is 0 Å². The molecule has 2 aliphatic rings. The zero-order valence-corrected chi connectivity index (χ0v) is 16.8. The van der Waals surface area contributed by atoms with Gasteiger partial charge in [-0.15, -0.1) is 0 Å². The Hall–Kier alpha value is -1.43. The van der Waals surface area contributed by atoms with Gasteiger partial charge >= 0.3 is 0 Å². The zero-order chi connectivity index (χ0) is 18.9. The van der Waals surface area contributed by atoms with Crippen molar-refractivity contribution in [2.75, 3.05) is 39.3 Å². The van der Waals surface area contributed by atoms with E-state index in [9.17, 15) is 4.79 Å². The van der Waals surface area contributed by atoms with E-state index in [2.05, 4.69) is 34.2 Å². The number of benzene rings is 1. The highest BCUT2D eigenvalue weighted by atomic mass is 16.5. The quantitative estimate of drug-likeness (QED) is 0.676. The van der Waals surface area contributed by atoms with Gasteiger partial charge in [0.25, 0.3) is 0 Å². The Morgan fingerprint density at radius 2 is 1.81 bits per heavy atom. The molecular formula is C22H35N3O2. The van der Waals surface area contributed by atoms with Crippen molar-refractivity contribution in [1.82, 2.24) is 15.1 Å². The van der Waals surface area contributed by atoms with Crippen molar-refractivity contribution in [3.8, 4) is 0 Å². The zero-order valence-electron chi connectivity index (χ0n) is 16.8. The molecular weight excluding hydrogens is 338 g/mol. The molecule has 2 fully saturated rings. The Labute approximate surface area is 164 Å². The highest BCUT2D eigenvalue weighted by Crippen LogP contribution is 2.24. The molecule has 1 aromatic rings. The predicted molar refractivity (Wildman–Crippen MR) is 109 cm³/mol. The lowest BCUT2D eigenvalue weighted by Crippen LogP contribution is -2.51. The van der Waals surface area contributed by atoms with E-state index in [0.29, 0.717) is 19.7 Å². The van der Waals surface area contributed by atoms with Gasteiger partial charge in [0.05, 0.1) is 13.2 Å². The van der Waals surface area contributed by atoms with Crippen LogP contribution in [0.1, 0.15) is 50.2 Å². The molecule has 1 aliphatic heterocycles. The smallest absolute Gasteiger partial charge is 0.234 e. The number of carbonyl (C=O) groups excluding carboxylic acids is 1. The van der Waals surface area contributed by atoms with Gasteiger partial charge in [-0.2, -0.15) is 0 Å². The van der Waals surface area contributed by atoms with Gasteiger partial charge < -0.3 is 10.1 Å². The summed E-state index contributed by atoms with van der Waals surface area (Å²) in [6, 6.07) is 9.00. The summed E-state index contributed by atoms with van der Waals surface area (Å²) in [6.07, 6.45) is 6.52. The molecule has 5 nitrogen and oxygen atoms in total. The van der Waals surface area contributed by atoms with Crippen molar-refractivity contribution in [3.63, 3.8) is 0 Å². The van der Waals surface area contributed by atoms with E-state index in [-0.39, 0.29) is 5.91 Å². The van der Waals surface area contributed by atoms with Gasteiger partial charge in [-0.05, 0) is 30.4 Å². The Morgan fingerprint density at radius 3 is 2.52 bits per heavy atom. The van der Waals surface area contributed by atoms with Gasteiger partial charge in [0.15, 0.2) is 0 Å². The molecule has 5 heteroatoms. The SMILES string of the molecule is CCCOCc1ccccc1CNC(=O)CN1CCN(C2CCCC2)CC1. The number of rotatable bonds is 9. The summed E-state index contributed by atoms with van der Waals surface area (Å²) < 4.78 is 5.66. The van der Waals surface area contributed by atoms with Gasteiger partial charge in [0.2, 0.25) is 5.91 Å². The van der Waals surface area contributed by atoms with Crippen LogP contribution in [0.5, 0.6) is 0 Å². The summed E-state index contributed by atoms with van der Waals surface area (Å²) in [5.74, 6) is 0.119. The highest BCUT2D eigenvalue weighted by Gasteiger charge is 2.26. The lowest BCUT2D eigenvalue weighted by molar-refractivity contribution is -0.122. The fraction of sp³-hybridized carbons (Fsp3) is 0.682. The number of amides is 1. The first-order valence-corrected chi connectivity index (χ1v) is 10.6. The van der Waals surface area contributed by atoms with Crippen LogP contribution >= 0.6 is 0 Å². The first kappa shape index (κ1) is 20.3. The van der Waals surface area contributed by atoms with E-state index in [0.717, 1.165) is 56.4 Å². The second-order valence-electron chi connectivity index (χ2n) is 7.85. The van der Waals surface area contributed by atoms with Gasteiger partial charge in [-0.3, -0.25) is 14.6 Å². The van der Waals surface area contributed by atoms with Crippen LogP contribution in [0.25, 0.3) is 0 Å². The first-order valence-electron chi connectivity index (χ1n) is 10.6. The Kier molecular flexibility index (Phi) is 8.11. The van der Waals surface area contributed by atoms with E-state index in [1.165, 1.54) is 25.7 Å². The standard InChI is InChI=1S/C22H35N3O2/c1-2-15-27-18-20-8-4-3-7-19(20)16-23-22(26)17-24-11-13-25(14-12-24)21-9-5-6-10-21/h3-4,7-8,21H,2,5-6,9-18H2,1H3,(H,23,26). The van der Waals surface area contributed by atoms with Crippen molar-refractivity contribution in [1.29, 1.82) is 0 Å². The van der Waals surface area contributed by atoms with E-state index in [1.807, 2.05) is 12.1 Å². The van der Waals surface area contributed by atoms with Crippen molar-refractivity contribution >= 4 is 5.91 Å². The number of nitrogens with zero attached hydrogens (tertiary/aromatic N) is 2. The van der Waals surface area contributed by atoms with Crippen LogP contribution in [0.2, 0.25) is 0 Å². The second kappa shape index (κ2) is 10.8. The third-order valence-corrected chi connectivity index (χ3v) is 5.82. The molecule has 1 N–H and O–H groups in total. The van der Waals surface area contributed by atoms with Crippen LogP contribution in [-0.4, -0.2) is 61.1 Å². The summed E-state index contributed by atoms with van der Waals surface area (Å²) in [5, 5.41) is 3.09. The molecule has 1 aromatic carbocycles. The molecule has 1 saturated carbocycles. The normalized spacial score (nSPS) is 19.4. The molecule has 0 spiro atoms. The van der Waals surface area contributed by atoms with Crippen molar-refractivity contribution in [3.05, 3.63) is 35.4 Å². The molecule has 0 radical (unpaired) electrons. The minimum atomic E-state index is 0.119. The Morgan fingerprint density at radius 1 is 1.11 bits per heavy atom. The van der Waals surface area contributed by atoms with E-state index in [1.54, 1.807) is 0 Å². The molecule has 1 heterocycles. The molecule has 0 unspecified atom stereocenters. The first-order chi connectivity index (χ1) is 13.3. The van der Waals surface area contributed by atoms with Crippen molar-refractivity contribution in [2.45, 2.75) is 58.2 Å². The molecule has 3 rings (SSSR count). The number of nitrogens with one attached hydrogen (secondary N) is 1. The number of hydrogen-bond donors (Lipinski definition) is 1. The minimum absolute atomic E-state index is 0.119. The number of piperazine rings is 1. The van der Waals surface area contributed by atoms with Crippen molar-refractivity contribution < 1.29 is 9.53 Å². The summed E-state index contributed by atoms with van der Waals surface area (Å²) in [5.41, 5.74) is 2.31. The fourth-order valence-corrected chi connectivity index (χ4v) is 4.21. The molecule has 0 aromatic heterocycles. The second-order valence-corrected chi connectivity index (χ2v) is 7.85. The van der Waals surface area contributed by atoms with Gasteiger partial charge in [0, 0.05) is 45.4 Å². The molecule has 0 bridgehead atoms. The largest absolute Gasteiger partial charge is 0.377 e. The maximum atomic E-state index is 12.4. The Bertz CT molecular complexity index is 579. The van der Waals surface area contributed by atoms with Crippen LogP contribution in [-0.2, 0) is 22.7 Å². The summed E-state index contributed by atoms with van der Waals surface area (Å²) in [4.78, 5) is 17.3. The molecule has 1 amide bonds.